The van der Waals surface area contributed by atoms with E-state index in [-0.39, 0.29) is 0 Å². The molecule has 0 aliphatic heterocycles. The van der Waals surface area contributed by atoms with Crippen molar-refractivity contribution in [1.29, 1.82) is 0 Å². The Kier molecular flexibility index (Phi) is 23.1. The van der Waals surface area contributed by atoms with E-state index < -0.39 is 10.8 Å². The quantitative estimate of drug-likeness (QED) is 0.0813. The van der Waals surface area contributed by atoms with Crippen molar-refractivity contribution in [3.8, 4) is 84.4 Å². The molecule has 26 aromatic rings. The molecule has 0 unspecified atom stereocenters. The highest BCUT2D eigenvalue weighted by Gasteiger charge is 2.48. The summed E-state index contributed by atoms with van der Waals surface area (Å²) in [4.78, 5) is 13.9. The first kappa shape index (κ1) is 89.4. The van der Waals surface area contributed by atoms with Gasteiger partial charge in [-0.05, 0) is 290 Å². The number of hydrogen-bond donors (Lipinski definition) is 1. The van der Waals surface area contributed by atoms with E-state index in [1.54, 1.807) is 0 Å². The molecule has 20 aromatic carbocycles. The number of nitrogens with zero attached hydrogens (tertiary/aromatic N) is 8. The van der Waals surface area contributed by atoms with Gasteiger partial charge in [-0.2, -0.15) is 0 Å². The lowest BCUT2D eigenvalue weighted by Crippen LogP contribution is -2.28. The van der Waals surface area contributed by atoms with Crippen molar-refractivity contribution in [1.82, 2.24) is 28.2 Å². The molecule has 1 radical (unpaired) electrons. The van der Waals surface area contributed by atoms with Crippen LogP contribution in [0.15, 0.2) is 563 Å². The van der Waals surface area contributed by atoms with Crippen molar-refractivity contribution in [2.24, 2.45) is 0 Å². The van der Waals surface area contributed by atoms with Crippen molar-refractivity contribution in [3.05, 3.63) is 608 Å². The smallest absolute Gasteiger partial charge is 0.537 e. The first-order chi connectivity index (χ1) is 73.3. The number of para-hydroxylation sites is 4. The number of anilines is 6. The standard InChI is InChI=1S/C68H46N4.C42H30BN2O2.C26H17BrN2/c1-5-17-51(18-6-1)68(52-19-7-2-8-20-52)61-26-14-13-25-58(61)59-39-38-57(46-62(59)68)71(56-36-30-48(31-37-56)63-27-15-16-43-69-63)55-34-28-47(29-35-55)50-33-40-64-60(45-50)66-65(72(64)54-23-11-4-12-24-54)41-32-49-42-44-70(67(49)66)53-21-9-3-10-22-53;46-43-47-36-25-22-34(23-26-36)45(33-20-18-30(19-21-33)41-17-9-10-28-44-41)35-24-27-38-37-15-7-8-16-39(37)42(40(38)29-35,31-11-3-1-4-12-31)32-13-5-2-6-14-32;27-19-12-14-23-22(17-19)25-24(29(23)21-9-5-2-6-10-21)13-11-18-15-16-28(26(18)25)20-7-3-1-4-8-20/h1-46H;1-29,46H;1-17H. The van der Waals surface area contributed by atoms with Gasteiger partial charge in [0.05, 0.1) is 55.3 Å². The van der Waals surface area contributed by atoms with Crippen molar-refractivity contribution in [2.75, 3.05) is 9.80 Å². The Hall–Kier alpha value is -18.7. The van der Waals surface area contributed by atoms with Crippen LogP contribution in [0.4, 0.5) is 34.1 Å². The van der Waals surface area contributed by atoms with Crippen LogP contribution in [0.2, 0.25) is 0 Å². The summed E-state index contributed by atoms with van der Waals surface area (Å²) in [6.45, 7) is 0. The van der Waals surface area contributed by atoms with E-state index in [0.717, 1.165) is 83.6 Å². The summed E-state index contributed by atoms with van der Waals surface area (Å²) in [6, 6.07) is 191. The second kappa shape index (κ2) is 38.2. The fraction of sp³-hybridized carbons (Fsp3) is 0.0147. The first-order valence-electron chi connectivity index (χ1n) is 50.0. The average Bonchev–Trinajstić information content (AvgIpc) is 1.53. The van der Waals surface area contributed by atoms with E-state index in [1.807, 2.05) is 67.0 Å². The second-order valence-corrected chi connectivity index (χ2v) is 38.5. The van der Waals surface area contributed by atoms with E-state index in [9.17, 15) is 5.02 Å². The van der Waals surface area contributed by atoms with Crippen LogP contribution in [-0.4, -0.2) is 40.9 Å². The zero-order valence-electron chi connectivity index (χ0n) is 80.5. The lowest BCUT2D eigenvalue weighted by Gasteiger charge is -2.35. The number of rotatable bonds is 19. The molecule has 2 aliphatic rings. The van der Waals surface area contributed by atoms with Gasteiger partial charge in [0.25, 0.3) is 0 Å². The van der Waals surface area contributed by atoms with Crippen LogP contribution in [-0.2, 0) is 10.8 Å². The Bertz CT molecular complexity index is 9290. The van der Waals surface area contributed by atoms with Gasteiger partial charge >= 0.3 is 7.69 Å². The van der Waals surface area contributed by atoms with Crippen LogP contribution in [0.5, 0.6) is 5.75 Å². The predicted octanol–water partition coefficient (Wildman–Crippen LogP) is 34.3. The maximum Gasteiger partial charge on any atom is 0.569 e. The van der Waals surface area contributed by atoms with Gasteiger partial charge in [0.2, 0.25) is 0 Å². The molecule has 12 heteroatoms. The monoisotopic (exact) mass is 1960 g/mol. The zero-order chi connectivity index (χ0) is 98.6. The Labute approximate surface area is 867 Å². The largest absolute Gasteiger partial charge is 0.569 e. The van der Waals surface area contributed by atoms with Gasteiger partial charge in [0.15, 0.2) is 0 Å². The fourth-order valence-electron chi connectivity index (χ4n) is 23.1. The summed E-state index contributed by atoms with van der Waals surface area (Å²) >= 11 is 3.69. The molecule has 28 rings (SSSR count). The number of aromatic nitrogens is 6. The molecule has 0 spiro atoms. The molecule has 0 saturated heterocycles. The van der Waals surface area contributed by atoms with Crippen molar-refractivity contribution in [2.45, 2.75) is 10.8 Å². The van der Waals surface area contributed by atoms with Gasteiger partial charge < -0.3 is 37.7 Å². The zero-order valence-corrected chi connectivity index (χ0v) is 82.1. The van der Waals surface area contributed by atoms with Gasteiger partial charge in [-0.15, -0.1) is 0 Å². The van der Waals surface area contributed by atoms with Gasteiger partial charge in [-0.25, -0.2) is 0 Å². The Balaban J connectivity index is 0.000000124. The van der Waals surface area contributed by atoms with Crippen LogP contribution in [0, 0.1) is 0 Å². The minimum atomic E-state index is -0.528. The van der Waals surface area contributed by atoms with E-state index in [1.165, 1.54) is 144 Å². The van der Waals surface area contributed by atoms with Gasteiger partial charge in [-0.3, -0.25) is 9.97 Å². The molecule has 0 fully saturated rings. The van der Waals surface area contributed by atoms with Gasteiger partial charge in [0, 0.05) is 130 Å². The first-order valence-corrected chi connectivity index (χ1v) is 50.8. The Morgan fingerprint density at radius 1 is 0.257 bits per heavy atom. The third-order valence-corrected chi connectivity index (χ3v) is 30.0. The molecule has 1 N–H and O–H groups in total. The van der Waals surface area contributed by atoms with Crippen LogP contribution in [0.3, 0.4) is 0 Å². The third-order valence-electron chi connectivity index (χ3n) is 29.5. The normalized spacial score (nSPS) is 12.4. The molecule has 0 atom stereocenters. The summed E-state index contributed by atoms with van der Waals surface area (Å²) in [5.41, 5.74) is 38.3. The topological polar surface area (TPSA) is 81.4 Å². The van der Waals surface area contributed by atoms with Crippen LogP contribution in [0.25, 0.3) is 144 Å². The number of pyridine rings is 2. The molecule has 699 valence electrons. The van der Waals surface area contributed by atoms with Crippen molar-refractivity contribution in [3.63, 3.8) is 0 Å². The summed E-state index contributed by atoms with van der Waals surface area (Å²) in [5.74, 6) is 0.554. The predicted molar refractivity (Wildman–Crippen MR) is 614 cm³/mol. The molecule has 6 aromatic heterocycles. The highest BCUT2D eigenvalue weighted by molar-refractivity contribution is 9.10. The second-order valence-electron chi connectivity index (χ2n) is 37.5. The number of hydrogen-bond acceptors (Lipinski definition) is 6. The molecule has 148 heavy (non-hydrogen) atoms. The molecule has 0 saturated carbocycles. The number of halogens is 1. The highest BCUT2D eigenvalue weighted by atomic mass is 79.9. The summed E-state index contributed by atoms with van der Waals surface area (Å²) in [6.07, 6.45) is 8.04. The van der Waals surface area contributed by atoms with Crippen LogP contribution >= 0.6 is 15.9 Å². The molecule has 6 heterocycles. The minimum Gasteiger partial charge on any atom is -0.537 e. The molecule has 0 bridgehead atoms. The van der Waals surface area contributed by atoms with Crippen molar-refractivity contribution >= 4 is 123 Å². The summed E-state index contributed by atoms with van der Waals surface area (Å²) < 4.78 is 15.7. The lowest BCUT2D eigenvalue weighted by atomic mass is 9.67. The van der Waals surface area contributed by atoms with Crippen LogP contribution in [0.1, 0.15) is 44.5 Å². The number of fused-ring (bicyclic) bond motifs is 16. The van der Waals surface area contributed by atoms with Crippen molar-refractivity contribution < 1.29 is 9.68 Å². The number of benzene rings is 20. The van der Waals surface area contributed by atoms with E-state index in [2.05, 4.69) is 546 Å². The van der Waals surface area contributed by atoms with E-state index in [4.69, 9.17) is 4.65 Å². The molecular formula is C136H93BBrN8O2. The maximum atomic E-state index is 9.21. The molecule has 0 amide bonds. The van der Waals surface area contributed by atoms with Crippen LogP contribution < -0.4 is 14.5 Å². The molecular weight excluding hydrogens is 1870 g/mol. The maximum absolute atomic E-state index is 9.21. The Morgan fingerprint density at radius 2 is 0.581 bits per heavy atom. The highest BCUT2D eigenvalue weighted by Crippen LogP contribution is 2.60. The minimum absolute atomic E-state index is 0.506. The summed E-state index contributed by atoms with van der Waals surface area (Å²) in [7, 11) is 0.702. The van der Waals surface area contributed by atoms with Gasteiger partial charge in [0.1, 0.15) is 5.75 Å². The fourth-order valence-corrected chi connectivity index (χ4v) is 23.5. The van der Waals surface area contributed by atoms with E-state index in [0.29, 0.717) is 13.4 Å². The molecule has 2 aliphatic carbocycles. The SMILES string of the molecule is Brc1ccc2c(c1)c1c3c(ccc1n2-c1ccccc1)ccn3-c1ccccc1.O[B]Oc1ccc(N(c2ccc(-c3ccccn3)cc2)c2ccc3c(c2)C(c2ccccc2)(c2ccccc2)c2ccccc2-3)cc1.c1ccc(-n2ccc3ccc4c(c5cc(-c6ccc(N(c7ccc(-c8ccccn8)cc7)c7ccc8c(c7)C(c7ccccc7)(c7ccccc7)c7ccccc7-8)cc6)ccc5n4-c4ccccc4)c32)cc1. The summed E-state index contributed by atoms with van der Waals surface area (Å²) in [5, 5.41) is 16.6. The third kappa shape index (κ3) is 15.5. The van der Waals surface area contributed by atoms with E-state index >= 15 is 0 Å². The Morgan fingerprint density at radius 3 is 0.973 bits per heavy atom. The van der Waals surface area contributed by atoms with Gasteiger partial charge in [-0.1, -0.05) is 337 Å². The molecule has 10 nitrogen and oxygen atoms in total. The average molecular weight is 1960 g/mol. The lowest BCUT2D eigenvalue weighted by molar-refractivity contribution is 0.454.